The first-order valence-corrected chi connectivity index (χ1v) is 8.66. The van der Waals surface area contributed by atoms with Gasteiger partial charge in [0, 0.05) is 36.4 Å². The molecule has 7 nitrogen and oxygen atoms in total. The number of nitrogens with one attached hydrogen (secondary N) is 4. The van der Waals surface area contributed by atoms with Crippen molar-refractivity contribution in [3.8, 4) is 0 Å². The highest BCUT2D eigenvalue weighted by Crippen LogP contribution is 2.16. The van der Waals surface area contributed by atoms with Crippen molar-refractivity contribution in [3.05, 3.63) is 59.7 Å². The Labute approximate surface area is 158 Å². The number of carbonyl (C=O) groups is 3. The predicted octanol–water partition coefficient (Wildman–Crippen LogP) is 3.10. The molecule has 2 aromatic rings. The molecule has 0 heterocycles. The number of amides is 4. The van der Waals surface area contributed by atoms with Crippen molar-refractivity contribution in [2.45, 2.75) is 33.4 Å². The zero-order chi connectivity index (χ0) is 19.8. The third-order valence-corrected chi connectivity index (χ3v) is 3.53. The molecule has 0 saturated carbocycles. The van der Waals surface area contributed by atoms with Gasteiger partial charge in [-0.25, -0.2) is 4.79 Å². The maximum Gasteiger partial charge on any atom is 0.315 e. The molecule has 0 radical (unpaired) electrons. The molecule has 0 aliphatic carbocycles. The average molecular weight is 368 g/mol. The maximum absolute atomic E-state index is 12.4. The van der Waals surface area contributed by atoms with Gasteiger partial charge >= 0.3 is 6.03 Å². The van der Waals surface area contributed by atoms with E-state index < -0.39 is 0 Å². The molecular weight excluding hydrogens is 344 g/mol. The zero-order valence-electron chi connectivity index (χ0n) is 15.6. The van der Waals surface area contributed by atoms with Gasteiger partial charge in [0.25, 0.3) is 5.91 Å². The highest BCUT2D eigenvalue weighted by atomic mass is 16.2. The van der Waals surface area contributed by atoms with E-state index in [-0.39, 0.29) is 23.9 Å². The van der Waals surface area contributed by atoms with Crippen molar-refractivity contribution in [3.63, 3.8) is 0 Å². The Balaban J connectivity index is 1.93. The van der Waals surface area contributed by atoms with Gasteiger partial charge < -0.3 is 21.3 Å². The van der Waals surface area contributed by atoms with Crippen molar-refractivity contribution < 1.29 is 14.4 Å². The molecule has 2 rings (SSSR count). The van der Waals surface area contributed by atoms with Crippen molar-refractivity contribution in [2.24, 2.45) is 0 Å². The number of rotatable bonds is 6. The van der Waals surface area contributed by atoms with Crippen molar-refractivity contribution in [1.29, 1.82) is 0 Å². The number of anilines is 2. The van der Waals surface area contributed by atoms with Crippen molar-refractivity contribution in [2.75, 3.05) is 10.6 Å². The summed E-state index contributed by atoms with van der Waals surface area (Å²) in [7, 11) is 0. The second-order valence-electron chi connectivity index (χ2n) is 6.39. The molecule has 0 saturated heterocycles. The lowest BCUT2D eigenvalue weighted by Gasteiger charge is -2.11. The van der Waals surface area contributed by atoms with Crippen LogP contribution < -0.4 is 21.3 Å². The summed E-state index contributed by atoms with van der Waals surface area (Å²) in [5.74, 6) is -0.434. The average Bonchev–Trinajstić information content (AvgIpc) is 2.59. The first-order chi connectivity index (χ1) is 12.8. The van der Waals surface area contributed by atoms with Crippen LogP contribution >= 0.6 is 0 Å². The second kappa shape index (κ2) is 9.38. The van der Waals surface area contributed by atoms with E-state index in [9.17, 15) is 14.4 Å². The first-order valence-electron chi connectivity index (χ1n) is 8.66. The quantitative estimate of drug-likeness (QED) is 0.630. The van der Waals surface area contributed by atoms with Gasteiger partial charge in [0.15, 0.2) is 0 Å². The molecule has 0 bridgehead atoms. The highest BCUT2D eigenvalue weighted by molar-refractivity contribution is 6.04. The van der Waals surface area contributed by atoms with Crippen LogP contribution in [0.1, 0.15) is 36.7 Å². The number of urea groups is 1. The number of benzene rings is 2. The van der Waals surface area contributed by atoms with Crippen LogP contribution in [0.3, 0.4) is 0 Å². The van der Waals surface area contributed by atoms with Gasteiger partial charge in [-0.3, -0.25) is 9.59 Å². The smallest absolute Gasteiger partial charge is 0.315 e. The monoisotopic (exact) mass is 368 g/mol. The third kappa shape index (κ3) is 6.81. The molecule has 27 heavy (non-hydrogen) atoms. The Morgan fingerprint density at radius 3 is 2.15 bits per heavy atom. The standard InChI is InChI=1S/C20H24N4O3/c1-13(2)22-20(27)21-12-15-7-9-16(10-8-15)19(26)24-18-6-4-5-17(11-18)23-14(3)25/h4-11,13H,12H2,1-3H3,(H,23,25)(H,24,26)(H2,21,22,27). The van der Waals surface area contributed by atoms with E-state index >= 15 is 0 Å². The summed E-state index contributed by atoms with van der Waals surface area (Å²) in [6, 6.07) is 13.7. The molecule has 0 aliphatic rings. The summed E-state index contributed by atoms with van der Waals surface area (Å²) >= 11 is 0. The topological polar surface area (TPSA) is 99.3 Å². The largest absolute Gasteiger partial charge is 0.336 e. The van der Waals surface area contributed by atoms with Gasteiger partial charge in [0.1, 0.15) is 0 Å². The molecule has 0 aromatic heterocycles. The van der Waals surface area contributed by atoms with Crippen LogP contribution in [0, 0.1) is 0 Å². The minimum Gasteiger partial charge on any atom is -0.336 e. The number of hydrogen-bond donors (Lipinski definition) is 4. The van der Waals surface area contributed by atoms with E-state index in [4.69, 9.17) is 0 Å². The summed E-state index contributed by atoms with van der Waals surface area (Å²) in [4.78, 5) is 35.1. The van der Waals surface area contributed by atoms with Gasteiger partial charge in [-0.2, -0.15) is 0 Å². The van der Waals surface area contributed by atoms with Gasteiger partial charge in [-0.15, -0.1) is 0 Å². The predicted molar refractivity (Wildman–Crippen MR) is 106 cm³/mol. The van der Waals surface area contributed by atoms with Crippen LogP contribution in [0.25, 0.3) is 0 Å². The van der Waals surface area contributed by atoms with Gasteiger partial charge in [0.2, 0.25) is 5.91 Å². The fourth-order valence-electron chi connectivity index (χ4n) is 2.35. The minimum atomic E-state index is -0.257. The van der Waals surface area contributed by atoms with Gasteiger partial charge in [-0.05, 0) is 49.7 Å². The normalized spacial score (nSPS) is 10.2. The molecule has 0 spiro atoms. The molecule has 0 fully saturated rings. The molecule has 0 unspecified atom stereocenters. The lowest BCUT2D eigenvalue weighted by molar-refractivity contribution is -0.114. The fourth-order valence-corrected chi connectivity index (χ4v) is 2.35. The Morgan fingerprint density at radius 1 is 0.926 bits per heavy atom. The minimum absolute atomic E-state index is 0.0696. The second-order valence-corrected chi connectivity index (χ2v) is 6.39. The molecule has 2 aromatic carbocycles. The summed E-state index contributed by atoms with van der Waals surface area (Å²) in [5, 5.41) is 11.0. The Kier molecular flexibility index (Phi) is 6.93. The molecule has 4 N–H and O–H groups in total. The van der Waals surface area contributed by atoms with Gasteiger partial charge in [0.05, 0.1) is 0 Å². The fraction of sp³-hybridized carbons (Fsp3) is 0.250. The van der Waals surface area contributed by atoms with Crippen molar-refractivity contribution in [1.82, 2.24) is 10.6 Å². The Hall–Kier alpha value is -3.35. The van der Waals surface area contributed by atoms with E-state index in [0.717, 1.165) is 5.56 Å². The number of hydrogen-bond acceptors (Lipinski definition) is 3. The Bertz CT molecular complexity index is 816. The SMILES string of the molecule is CC(=O)Nc1cccc(NC(=O)c2ccc(CNC(=O)NC(C)C)cc2)c1. The highest BCUT2D eigenvalue weighted by Gasteiger charge is 2.08. The first kappa shape index (κ1) is 20.0. The van der Waals surface area contributed by atoms with Crippen LogP contribution in [0.4, 0.5) is 16.2 Å². The summed E-state index contributed by atoms with van der Waals surface area (Å²) < 4.78 is 0. The van der Waals surface area contributed by atoms with Crippen LogP contribution in [0.5, 0.6) is 0 Å². The lowest BCUT2D eigenvalue weighted by Crippen LogP contribution is -2.39. The van der Waals surface area contributed by atoms with Crippen LogP contribution in [-0.4, -0.2) is 23.9 Å². The van der Waals surface area contributed by atoms with Crippen molar-refractivity contribution >= 4 is 29.2 Å². The summed E-state index contributed by atoms with van der Waals surface area (Å²) in [6.45, 7) is 5.57. The molecule has 142 valence electrons. The van der Waals surface area contributed by atoms with E-state index in [2.05, 4.69) is 21.3 Å². The molecule has 0 atom stereocenters. The van der Waals surface area contributed by atoms with E-state index in [0.29, 0.717) is 23.5 Å². The molecule has 4 amide bonds. The van der Waals surface area contributed by atoms with E-state index in [1.165, 1.54) is 6.92 Å². The lowest BCUT2D eigenvalue weighted by atomic mass is 10.1. The Morgan fingerprint density at radius 2 is 1.56 bits per heavy atom. The zero-order valence-corrected chi connectivity index (χ0v) is 15.6. The summed E-state index contributed by atoms with van der Waals surface area (Å²) in [6.07, 6.45) is 0. The van der Waals surface area contributed by atoms with Crippen LogP contribution in [-0.2, 0) is 11.3 Å². The summed E-state index contributed by atoms with van der Waals surface area (Å²) in [5.41, 5.74) is 2.58. The van der Waals surface area contributed by atoms with Gasteiger partial charge in [-0.1, -0.05) is 18.2 Å². The van der Waals surface area contributed by atoms with E-state index in [1.807, 2.05) is 13.8 Å². The molecular formula is C20H24N4O3. The number of carbonyl (C=O) groups excluding carboxylic acids is 3. The molecule has 0 aliphatic heterocycles. The van der Waals surface area contributed by atoms with E-state index in [1.54, 1.807) is 48.5 Å². The van der Waals surface area contributed by atoms with Crippen LogP contribution in [0.2, 0.25) is 0 Å². The maximum atomic E-state index is 12.4. The van der Waals surface area contributed by atoms with Crippen LogP contribution in [0.15, 0.2) is 48.5 Å². The molecule has 7 heteroatoms. The third-order valence-electron chi connectivity index (χ3n) is 3.53.